The predicted octanol–water partition coefficient (Wildman–Crippen LogP) is 1.59. The maximum absolute atomic E-state index is 11.7. The summed E-state index contributed by atoms with van der Waals surface area (Å²) in [6, 6.07) is 7.10. The fourth-order valence-electron chi connectivity index (χ4n) is 1.67. The second-order valence-corrected chi connectivity index (χ2v) is 3.73. The molecule has 17 heavy (non-hydrogen) atoms. The van der Waals surface area contributed by atoms with Crippen LogP contribution in [0.15, 0.2) is 45.9 Å². The molecule has 84 valence electrons. The highest BCUT2D eigenvalue weighted by atomic mass is 16.4. The number of fused-ring (bicyclic) bond motifs is 1. The Morgan fingerprint density at radius 3 is 2.88 bits per heavy atom. The number of aromatic nitrogens is 3. The molecule has 3 rings (SSSR count). The molecule has 0 atom stereocenters. The van der Waals surface area contributed by atoms with Crippen molar-refractivity contribution in [3.63, 3.8) is 0 Å². The van der Waals surface area contributed by atoms with E-state index in [1.54, 1.807) is 42.3 Å². The van der Waals surface area contributed by atoms with Crippen LogP contribution in [-0.2, 0) is 7.05 Å². The Labute approximate surface area is 96.3 Å². The second kappa shape index (κ2) is 3.55. The zero-order chi connectivity index (χ0) is 11.8. The highest BCUT2D eigenvalue weighted by Gasteiger charge is 2.09. The van der Waals surface area contributed by atoms with Crippen LogP contribution < -0.4 is 5.63 Å². The molecular weight excluding hydrogens is 218 g/mol. The van der Waals surface area contributed by atoms with Gasteiger partial charge in [0.05, 0.1) is 22.7 Å². The molecular formula is C12H9N3O2. The van der Waals surface area contributed by atoms with Crippen LogP contribution in [0.2, 0.25) is 0 Å². The molecule has 0 saturated carbocycles. The summed E-state index contributed by atoms with van der Waals surface area (Å²) < 4.78 is 6.80. The fraction of sp³-hybridized carbons (Fsp3) is 0.0833. The molecule has 1 aromatic carbocycles. The lowest BCUT2D eigenvalue weighted by atomic mass is 10.2. The third-order valence-electron chi connectivity index (χ3n) is 2.49. The molecule has 0 fully saturated rings. The van der Waals surface area contributed by atoms with E-state index < -0.39 is 0 Å². The fourth-order valence-corrected chi connectivity index (χ4v) is 1.67. The first-order valence-electron chi connectivity index (χ1n) is 5.13. The van der Waals surface area contributed by atoms with Crippen molar-refractivity contribution in [2.75, 3.05) is 0 Å². The third-order valence-corrected chi connectivity index (χ3v) is 2.49. The number of rotatable bonds is 1. The lowest BCUT2D eigenvalue weighted by Gasteiger charge is -1.98. The summed E-state index contributed by atoms with van der Waals surface area (Å²) in [5.41, 5.74) is 0.937. The van der Waals surface area contributed by atoms with E-state index in [-0.39, 0.29) is 5.63 Å². The first-order chi connectivity index (χ1) is 8.24. The Morgan fingerprint density at radius 1 is 1.29 bits per heavy atom. The molecule has 0 radical (unpaired) electrons. The lowest BCUT2D eigenvalue weighted by molar-refractivity contribution is 0.518. The topological polar surface area (TPSA) is 60.9 Å². The van der Waals surface area contributed by atoms with Crippen LogP contribution in [0.3, 0.4) is 0 Å². The van der Waals surface area contributed by atoms with Crippen molar-refractivity contribution in [3.8, 4) is 11.5 Å². The summed E-state index contributed by atoms with van der Waals surface area (Å²) in [4.78, 5) is 16.0. The van der Waals surface area contributed by atoms with Gasteiger partial charge in [-0.15, -0.1) is 0 Å². The smallest absolute Gasteiger partial charge is 0.347 e. The Morgan fingerprint density at radius 2 is 2.12 bits per heavy atom. The molecule has 2 aromatic heterocycles. The summed E-state index contributed by atoms with van der Waals surface area (Å²) in [7, 11) is 1.79. The van der Waals surface area contributed by atoms with E-state index in [1.165, 1.54) is 0 Å². The van der Waals surface area contributed by atoms with E-state index in [1.807, 2.05) is 6.07 Å². The highest BCUT2D eigenvalue weighted by molar-refractivity contribution is 5.78. The van der Waals surface area contributed by atoms with E-state index >= 15 is 0 Å². The maximum Gasteiger partial charge on any atom is 0.347 e. The Kier molecular flexibility index (Phi) is 2.04. The van der Waals surface area contributed by atoms with E-state index in [2.05, 4.69) is 10.1 Å². The van der Waals surface area contributed by atoms with Crippen LogP contribution in [0.5, 0.6) is 0 Å². The predicted molar refractivity (Wildman–Crippen MR) is 62.5 cm³/mol. The second-order valence-electron chi connectivity index (χ2n) is 3.73. The zero-order valence-corrected chi connectivity index (χ0v) is 9.12. The van der Waals surface area contributed by atoms with Crippen LogP contribution >= 0.6 is 0 Å². The minimum atomic E-state index is -0.380. The molecule has 5 heteroatoms. The van der Waals surface area contributed by atoms with E-state index in [9.17, 15) is 4.79 Å². The number of hydrogen-bond acceptors (Lipinski definition) is 4. The molecule has 0 aliphatic carbocycles. The summed E-state index contributed by atoms with van der Waals surface area (Å²) in [6.07, 6.45) is 3.36. The molecule has 0 aliphatic rings. The Hall–Kier alpha value is -2.43. The van der Waals surface area contributed by atoms with Crippen LogP contribution in [-0.4, -0.2) is 14.8 Å². The lowest BCUT2D eigenvalue weighted by Crippen LogP contribution is -2.02. The minimum Gasteiger partial charge on any atom is -0.403 e. The number of aryl methyl sites for hydroxylation is 1. The Bertz CT molecular complexity index is 743. The molecule has 0 saturated heterocycles. The molecule has 0 spiro atoms. The van der Waals surface area contributed by atoms with Crippen molar-refractivity contribution in [2.24, 2.45) is 7.05 Å². The van der Waals surface area contributed by atoms with Crippen molar-refractivity contribution in [1.82, 2.24) is 14.8 Å². The van der Waals surface area contributed by atoms with E-state index in [0.717, 1.165) is 0 Å². The highest BCUT2D eigenvalue weighted by Crippen LogP contribution is 2.16. The number of hydrogen-bond donors (Lipinski definition) is 0. The normalized spacial score (nSPS) is 10.9. The van der Waals surface area contributed by atoms with E-state index in [4.69, 9.17) is 4.42 Å². The van der Waals surface area contributed by atoms with Gasteiger partial charge >= 0.3 is 5.63 Å². The first kappa shape index (κ1) is 9.77. The molecule has 0 amide bonds. The summed E-state index contributed by atoms with van der Waals surface area (Å²) in [6.45, 7) is 0. The molecule has 0 aliphatic heterocycles. The van der Waals surface area contributed by atoms with Gasteiger partial charge < -0.3 is 4.42 Å². The van der Waals surface area contributed by atoms with Crippen molar-refractivity contribution in [1.29, 1.82) is 0 Å². The van der Waals surface area contributed by atoms with Gasteiger partial charge in [0.25, 0.3) is 0 Å². The first-order valence-corrected chi connectivity index (χ1v) is 5.13. The average Bonchev–Trinajstić information content (AvgIpc) is 2.76. The number of para-hydroxylation sites is 1. The summed E-state index contributed by atoms with van der Waals surface area (Å²) >= 11 is 0. The van der Waals surface area contributed by atoms with Gasteiger partial charge in [-0.05, 0) is 12.1 Å². The van der Waals surface area contributed by atoms with Gasteiger partial charge in [-0.3, -0.25) is 4.68 Å². The standard InChI is InChI=1S/C12H9N3O2/c1-15-7-8(6-13-15)11-14-10-5-3-2-4-9(10)12(16)17-11/h2-7H,1H3. The molecule has 5 nitrogen and oxygen atoms in total. The van der Waals surface area contributed by atoms with Crippen molar-refractivity contribution in [3.05, 3.63) is 47.1 Å². The van der Waals surface area contributed by atoms with E-state index in [0.29, 0.717) is 22.4 Å². The Balaban J connectivity index is 2.29. The van der Waals surface area contributed by atoms with Crippen molar-refractivity contribution >= 4 is 10.9 Å². The van der Waals surface area contributed by atoms with Gasteiger partial charge in [-0.25, -0.2) is 9.78 Å². The van der Waals surface area contributed by atoms with Crippen LogP contribution in [0.1, 0.15) is 0 Å². The number of benzene rings is 1. The molecule has 2 heterocycles. The van der Waals surface area contributed by atoms with Gasteiger partial charge in [0.1, 0.15) is 0 Å². The van der Waals surface area contributed by atoms with Crippen LogP contribution in [0.4, 0.5) is 0 Å². The van der Waals surface area contributed by atoms with Crippen molar-refractivity contribution < 1.29 is 4.42 Å². The van der Waals surface area contributed by atoms with Gasteiger partial charge in [0.2, 0.25) is 5.89 Å². The monoisotopic (exact) mass is 227 g/mol. The molecule has 0 unspecified atom stereocenters. The van der Waals surface area contributed by atoms with Gasteiger partial charge in [-0.2, -0.15) is 5.10 Å². The summed E-state index contributed by atoms with van der Waals surface area (Å²) in [5.74, 6) is 0.293. The largest absolute Gasteiger partial charge is 0.403 e. The molecule has 3 aromatic rings. The maximum atomic E-state index is 11.7. The summed E-state index contributed by atoms with van der Waals surface area (Å²) in [5, 5.41) is 4.50. The third kappa shape index (κ3) is 1.61. The number of nitrogens with zero attached hydrogens (tertiary/aromatic N) is 3. The SMILES string of the molecule is Cn1cc(-c2nc3ccccc3c(=O)o2)cn1. The van der Waals surface area contributed by atoms with Crippen LogP contribution in [0, 0.1) is 0 Å². The van der Waals surface area contributed by atoms with Gasteiger partial charge in [0, 0.05) is 13.2 Å². The van der Waals surface area contributed by atoms with Crippen molar-refractivity contribution in [2.45, 2.75) is 0 Å². The molecule has 0 N–H and O–H groups in total. The quantitative estimate of drug-likeness (QED) is 0.633. The molecule has 0 bridgehead atoms. The van der Waals surface area contributed by atoms with Gasteiger partial charge in [0.15, 0.2) is 0 Å². The average molecular weight is 227 g/mol. The van der Waals surface area contributed by atoms with Crippen LogP contribution in [0.25, 0.3) is 22.4 Å². The zero-order valence-electron chi connectivity index (χ0n) is 9.12. The van der Waals surface area contributed by atoms with Gasteiger partial charge in [-0.1, -0.05) is 12.1 Å². The minimum absolute atomic E-state index is 0.293.